The third-order valence-corrected chi connectivity index (χ3v) is 0. The summed E-state index contributed by atoms with van der Waals surface area (Å²) < 4.78 is 4.64. The maximum absolute atomic E-state index is 2.32. The third-order valence-electron chi connectivity index (χ3n) is 0. The Kier molecular flexibility index (Phi) is 57.9. The molecule has 0 aromatic rings. The molecular formula is C2H8Cl2Hf. The molecule has 0 rings (SSSR count). The van der Waals surface area contributed by atoms with Crippen LogP contribution in [0.15, 0.2) is 0 Å². The van der Waals surface area contributed by atoms with Gasteiger partial charge < -0.3 is 0 Å². The molecule has 34 valence electrons. The van der Waals surface area contributed by atoms with Gasteiger partial charge >= 0.3 is 32.3 Å². The topological polar surface area (TPSA) is 0 Å². The van der Waals surface area contributed by atoms with E-state index in [1.807, 2.05) is 0 Å². The van der Waals surface area contributed by atoms with Crippen LogP contribution in [0.1, 0.15) is 0 Å². The Morgan fingerprint density at radius 1 is 1.00 bits per heavy atom. The van der Waals surface area contributed by atoms with Gasteiger partial charge in [-0.05, 0) is 0 Å². The van der Waals surface area contributed by atoms with Gasteiger partial charge in [-0.2, -0.15) is 0 Å². The molecule has 0 heterocycles. The molecule has 0 aromatic carbocycles. The fourth-order valence-corrected chi connectivity index (χ4v) is 0. The molecule has 0 unspecified atom stereocenters. The van der Waals surface area contributed by atoms with Crippen LogP contribution in [0.2, 0.25) is 9.36 Å². The molecule has 0 aliphatic heterocycles. The molecule has 0 amide bonds. The summed E-state index contributed by atoms with van der Waals surface area (Å²) in [6.07, 6.45) is 0. The molecule has 0 bridgehead atoms. The summed E-state index contributed by atoms with van der Waals surface area (Å²) in [7, 11) is 0. The average molecular weight is 281 g/mol. The number of halogens is 2. The Hall–Kier alpha value is 1.45. The molecule has 3 heteroatoms. The van der Waals surface area contributed by atoms with Gasteiger partial charge in [-0.15, -0.1) is 24.8 Å². The van der Waals surface area contributed by atoms with E-state index in [1.165, 1.54) is 0 Å². The minimum absolute atomic E-state index is 0. The predicted octanol–water partition coefficient (Wildman–Crippen LogP) is 2.01. The van der Waals surface area contributed by atoms with E-state index in [0.717, 1.165) is 0 Å². The van der Waals surface area contributed by atoms with Gasteiger partial charge in [-0.25, -0.2) is 0 Å². The molecule has 0 fully saturated rings. The molecule has 0 N–H and O–H groups in total. The summed E-state index contributed by atoms with van der Waals surface area (Å²) in [5.74, 6) is 0. The van der Waals surface area contributed by atoms with Crippen LogP contribution in [0.5, 0.6) is 0 Å². The van der Waals surface area contributed by atoms with Crippen molar-refractivity contribution in [2.45, 2.75) is 9.36 Å². The standard InChI is InChI=1S/2CH3.2ClH.Hf/h2*1H3;2*1H;. The van der Waals surface area contributed by atoms with Crippen molar-refractivity contribution < 1.29 is 22.9 Å². The van der Waals surface area contributed by atoms with Crippen molar-refractivity contribution >= 4 is 24.8 Å². The molecular weight excluding hydrogens is 273 g/mol. The number of hydrogen-bond acceptors (Lipinski definition) is 0. The fourth-order valence-electron chi connectivity index (χ4n) is 0. The molecule has 0 spiro atoms. The van der Waals surface area contributed by atoms with Crippen molar-refractivity contribution in [3.05, 3.63) is 0 Å². The molecule has 0 aliphatic rings. The van der Waals surface area contributed by atoms with E-state index in [2.05, 4.69) is 9.36 Å². The van der Waals surface area contributed by atoms with E-state index in [1.54, 1.807) is 0 Å². The van der Waals surface area contributed by atoms with Gasteiger partial charge in [-0.1, -0.05) is 0 Å². The number of rotatable bonds is 0. The van der Waals surface area contributed by atoms with Gasteiger partial charge in [0.15, 0.2) is 0 Å². The summed E-state index contributed by atoms with van der Waals surface area (Å²) in [6, 6.07) is 0. The average Bonchev–Trinajstić information content (AvgIpc) is 0.918. The molecule has 5 heavy (non-hydrogen) atoms. The molecule has 0 saturated carbocycles. The van der Waals surface area contributed by atoms with Crippen molar-refractivity contribution in [1.82, 2.24) is 0 Å². The summed E-state index contributed by atoms with van der Waals surface area (Å²) in [5.41, 5.74) is 0. The summed E-state index contributed by atoms with van der Waals surface area (Å²) in [6.45, 7) is 0. The molecule has 0 atom stereocenters. The predicted molar refractivity (Wildman–Crippen MR) is 26.2 cm³/mol. The van der Waals surface area contributed by atoms with E-state index >= 15 is 0 Å². The van der Waals surface area contributed by atoms with Crippen LogP contribution in [-0.4, -0.2) is 0 Å². The zero-order valence-electron chi connectivity index (χ0n) is 3.32. The quantitative estimate of drug-likeness (QED) is 0.596. The number of hydrogen-bond donors (Lipinski definition) is 0. The summed E-state index contributed by atoms with van der Waals surface area (Å²) >= 11 is 0.0833. The van der Waals surface area contributed by atoms with Crippen molar-refractivity contribution in [3.8, 4) is 0 Å². The summed E-state index contributed by atoms with van der Waals surface area (Å²) in [4.78, 5) is 0. The monoisotopic (exact) mass is 282 g/mol. The molecule has 0 nitrogen and oxygen atoms in total. The minimum atomic E-state index is 0. The Morgan fingerprint density at radius 3 is 1.00 bits per heavy atom. The first-order chi connectivity index (χ1) is 1.41. The van der Waals surface area contributed by atoms with Gasteiger partial charge in [0.05, 0.1) is 0 Å². The van der Waals surface area contributed by atoms with Gasteiger partial charge in [0, 0.05) is 0 Å². The van der Waals surface area contributed by atoms with Gasteiger partial charge in [0.25, 0.3) is 0 Å². The second kappa shape index (κ2) is 18.0. The molecule has 0 aliphatic carbocycles. The zero-order valence-corrected chi connectivity index (χ0v) is 8.54. The Bertz CT molecular complexity index is 7.61. The normalized spacial score (nSPS) is 2.80. The van der Waals surface area contributed by atoms with Crippen LogP contribution >= 0.6 is 24.8 Å². The SMILES string of the molecule is Cl.Cl.[CH3][Hf][CH3]. The third kappa shape index (κ3) is 30.9. The first kappa shape index (κ1) is 16.1. The fraction of sp³-hybridized carbons (Fsp3) is 1.00. The Balaban J connectivity index is -0.0000000200. The van der Waals surface area contributed by atoms with E-state index in [9.17, 15) is 0 Å². The van der Waals surface area contributed by atoms with Crippen LogP contribution in [-0.2, 0) is 22.9 Å². The first-order valence-electron chi connectivity index (χ1n) is 1.00. The van der Waals surface area contributed by atoms with E-state index in [4.69, 9.17) is 0 Å². The summed E-state index contributed by atoms with van der Waals surface area (Å²) in [5, 5.41) is 0. The van der Waals surface area contributed by atoms with E-state index in [-0.39, 0.29) is 47.7 Å². The van der Waals surface area contributed by atoms with Crippen molar-refractivity contribution in [2.75, 3.05) is 0 Å². The van der Waals surface area contributed by atoms with Gasteiger partial charge in [-0.3, -0.25) is 0 Å². The zero-order chi connectivity index (χ0) is 2.71. The van der Waals surface area contributed by atoms with Gasteiger partial charge in [0.2, 0.25) is 0 Å². The van der Waals surface area contributed by atoms with E-state index in [0.29, 0.717) is 0 Å². The van der Waals surface area contributed by atoms with Crippen molar-refractivity contribution in [1.29, 1.82) is 0 Å². The second-order valence-electron chi connectivity index (χ2n) is 0.500. The maximum atomic E-state index is 2.32. The van der Waals surface area contributed by atoms with Crippen LogP contribution < -0.4 is 0 Å². The molecule has 0 radical (unpaired) electrons. The molecule has 0 aromatic heterocycles. The Labute approximate surface area is 56.9 Å². The van der Waals surface area contributed by atoms with Crippen LogP contribution in [0.3, 0.4) is 0 Å². The van der Waals surface area contributed by atoms with E-state index < -0.39 is 0 Å². The molecule has 0 saturated heterocycles. The van der Waals surface area contributed by atoms with Crippen molar-refractivity contribution in [3.63, 3.8) is 0 Å². The van der Waals surface area contributed by atoms with Gasteiger partial charge in [0.1, 0.15) is 0 Å². The van der Waals surface area contributed by atoms with Crippen LogP contribution in [0.25, 0.3) is 0 Å². The second-order valence-corrected chi connectivity index (χ2v) is 4.09. The van der Waals surface area contributed by atoms with Crippen LogP contribution in [0.4, 0.5) is 0 Å². The van der Waals surface area contributed by atoms with Crippen molar-refractivity contribution in [2.24, 2.45) is 0 Å². The first-order valence-corrected chi connectivity index (χ1v) is 8.19. The van der Waals surface area contributed by atoms with Crippen LogP contribution in [0, 0.1) is 0 Å². The Morgan fingerprint density at radius 2 is 1.00 bits per heavy atom.